The van der Waals surface area contributed by atoms with E-state index >= 15 is 0 Å². The number of likely N-dealkylation sites (N-methyl/N-ethyl adjacent to an activating group) is 1. The molecule has 2 atom stereocenters. The van der Waals surface area contributed by atoms with Crippen molar-refractivity contribution in [1.29, 1.82) is 0 Å². The standard InChI is InChI=1S/C31H37N7O/c1-36-18-25-7-5-6-24(36)19-37(25)22-12-14-23(15-13-22)38-31-28(30(32)33-20-34-31)29(35-38)21-10-16-27(17-11-21)39-26-8-3-2-4-9-26/h2-4,8-11,16-17,20,22-25H,5-7,12-15,18-19H2,1H3,(H2,32,33,34). The zero-order valence-electron chi connectivity index (χ0n) is 22.6. The monoisotopic (exact) mass is 523 g/mol. The number of nitrogens with two attached hydrogens (primary N) is 1. The maximum atomic E-state index is 6.41. The number of rotatable bonds is 5. The SMILES string of the molecule is CN1CC2CCCC1CN2C1CCC(n2nc(-c3ccc(Oc4ccccc4)cc3)c3c(N)ncnc32)CC1. The van der Waals surface area contributed by atoms with Crippen LogP contribution in [0.5, 0.6) is 11.5 Å². The molecule has 39 heavy (non-hydrogen) atoms. The molecule has 0 amide bonds. The molecule has 5 heterocycles. The van der Waals surface area contributed by atoms with E-state index in [4.69, 9.17) is 15.6 Å². The van der Waals surface area contributed by atoms with Gasteiger partial charge in [0.15, 0.2) is 5.65 Å². The Hall–Kier alpha value is -3.49. The summed E-state index contributed by atoms with van der Waals surface area (Å²) in [6.07, 6.45) is 10.3. The van der Waals surface area contributed by atoms with Gasteiger partial charge in [0.05, 0.1) is 11.4 Å². The molecule has 2 unspecified atom stereocenters. The zero-order valence-corrected chi connectivity index (χ0v) is 22.6. The van der Waals surface area contributed by atoms with Crippen molar-refractivity contribution in [2.24, 2.45) is 0 Å². The molecule has 3 aliphatic heterocycles. The molecule has 4 aliphatic rings. The number of fused-ring (bicyclic) bond motifs is 5. The highest BCUT2D eigenvalue weighted by atomic mass is 16.5. The van der Waals surface area contributed by atoms with Crippen LogP contribution in [0.2, 0.25) is 0 Å². The largest absolute Gasteiger partial charge is 0.457 e. The molecule has 1 aliphatic carbocycles. The molecule has 0 spiro atoms. The molecular formula is C31H37N7O. The maximum absolute atomic E-state index is 6.41. The lowest BCUT2D eigenvalue weighted by molar-refractivity contribution is 0.0114. The van der Waals surface area contributed by atoms with E-state index in [0.717, 1.165) is 52.7 Å². The predicted octanol–water partition coefficient (Wildman–Crippen LogP) is 5.52. The fourth-order valence-electron chi connectivity index (χ4n) is 7.12. The van der Waals surface area contributed by atoms with Crippen LogP contribution in [0.3, 0.4) is 0 Å². The third kappa shape index (κ3) is 4.66. The number of anilines is 1. The number of para-hydroxylation sites is 1. The Labute approximate surface area is 229 Å². The van der Waals surface area contributed by atoms with E-state index < -0.39 is 0 Å². The molecule has 4 aromatic rings. The Morgan fingerprint density at radius 1 is 0.769 bits per heavy atom. The van der Waals surface area contributed by atoms with Gasteiger partial charge in [0.25, 0.3) is 0 Å². The first-order valence-electron chi connectivity index (χ1n) is 14.4. The van der Waals surface area contributed by atoms with Gasteiger partial charge in [0.1, 0.15) is 29.3 Å². The van der Waals surface area contributed by atoms with Crippen LogP contribution in [-0.4, -0.2) is 67.8 Å². The van der Waals surface area contributed by atoms with Crippen molar-refractivity contribution in [3.63, 3.8) is 0 Å². The number of aromatic nitrogens is 4. The molecule has 8 heteroatoms. The first-order chi connectivity index (χ1) is 19.1. The Bertz CT molecular complexity index is 1430. The third-order valence-corrected chi connectivity index (χ3v) is 9.19. The summed E-state index contributed by atoms with van der Waals surface area (Å²) in [7, 11) is 2.31. The van der Waals surface area contributed by atoms with Crippen molar-refractivity contribution in [3.05, 3.63) is 60.9 Å². The van der Waals surface area contributed by atoms with Crippen molar-refractivity contribution in [2.75, 3.05) is 25.9 Å². The minimum absolute atomic E-state index is 0.319. The second kappa shape index (κ2) is 10.2. The van der Waals surface area contributed by atoms with E-state index in [2.05, 4.69) is 31.5 Å². The number of benzene rings is 2. The Balaban J connectivity index is 1.12. The van der Waals surface area contributed by atoms with Crippen LogP contribution in [0.4, 0.5) is 5.82 Å². The average Bonchev–Trinajstić information content (AvgIpc) is 3.11. The predicted molar refractivity (Wildman–Crippen MR) is 154 cm³/mol. The number of ether oxygens (including phenoxy) is 1. The molecule has 2 aromatic carbocycles. The van der Waals surface area contributed by atoms with E-state index in [1.807, 2.05) is 54.6 Å². The van der Waals surface area contributed by atoms with Gasteiger partial charge in [0, 0.05) is 36.8 Å². The molecule has 3 saturated heterocycles. The number of nitrogens with zero attached hydrogens (tertiary/aromatic N) is 6. The van der Waals surface area contributed by atoms with E-state index in [1.165, 1.54) is 45.2 Å². The fourth-order valence-corrected chi connectivity index (χ4v) is 7.12. The van der Waals surface area contributed by atoms with Gasteiger partial charge in [-0.15, -0.1) is 0 Å². The van der Waals surface area contributed by atoms with Crippen molar-refractivity contribution in [2.45, 2.75) is 69.1 Å². The topological polar surface area (TPSA) is 85.3 Å². The highest BCUT2D eigenvalue weighted by Gasteiger charge is 2.39. The van der Waals surface area contributed by atoms with E-state index in [9.17, 15) is 0 Å². The minimum Gasteiger partial charge on any atom is -0.457 e. The summed E-state index contributed by atoms with van der Waals surface area (Å²) in [6, 6.07) is 20.3. The summed E-state index contributed by atoms with van der Waals surface area (Å²) in [5.74, 6) is 2.07. The van der Waals surface area contributed by atoms with Crippen molar-refractivity contribution < 1.29 is 4.74 Å². The van der Waals surface area contributed by atoms with Gasteiger partial charge in [0.2, 0.25) is 0 Å². The summed E-state index contributed by atoms with van der Waals surface area (Å²) in [6.45, 7) is 2.46. The molecule has 202 valence electrons. The van der Waals surface area contributed by atoms with Crippen LogP contribution in [0.1, 0.15) is 51.0 Å². The molecule has 1 saturated carbocycles. The van der Waals surface area contributed by atoms with Gasteiger partial charge in [-0.25, -0.2) is 14.6 Å². The normalized spacial score (nSPS) is 26.1. The lowest BCUT2D eigenvalue weighted by atomic mass is 9.88. The first-order valence-corrected chi connectivity index (χ1v) is 14.4. The lowest BCUT2D eigenvalue weighted by Crippen LogP contribution is -2.58. The van der Waals surface area contributed by atoms with Crippen molar-refractivity contribution in [1.82, 2.24) is 29.5 Å². The summed E-state index contributed by atoms with van der Waals surface area (Å²) in [4.78, 5) is 14.4. The van der Waals surface area contributed by atoms with Gasteiger partial charge in [-0.1, -0.05) is 24.6 Å². The first kappa shape index (κ1) is 24.5. The Kier molecular flexibility index (Phi) is 6.45. The minimum atomic E-state index is 0.319. The maximum Gasteiger partial charge on any atom is 0.164 e. The van der Waals surface area contributed by atoms with Gasteiger partial charge in [-0.3, -0.25) is 4.90 Å². The smallest absolute Gasteiger partial charge is 0.164 e. The molecule has 2 bridgehead atoms. The van der Waals surface area contributed by atoms with Gasteiger partial charge in [-0.05, 0) is 82.0 Å². The second-order valence-electron chi connectivity index (χ2n) is 11.5. The van der Waals surface area contributed by atoms with Crippen LogP contribution < -0.4 is 10.5 Å². The molecule has 4 fully saturated rings. The van der Waals surface area contributed by atoms with Crippen molar-refractivity contribution >= 4 is 16.9 Å². The lowest BCUT2D eigenvalue weighted by Gasteiger charge is -2.47. The summed E-state index contributed by atoms with van der Waals surface area (Å²) >= 11 is 0. The highest BCUT2D eigenvalue weighted by molar-refractivity contribution is 5.98. The Morgan fingerprint density at radius 3 is 2.28 bits per heavy atom. The molecule has 2 aromatic heterocycles. The fraction of sp³-hybridized carbons (Fsp3) is 0.452. The summed E-state index contributed by atoms with van der Waals surface area (Å²) in [5.41, 5.74) is 9.07. The van der Waals surface area contributed by atoms with E-state index in [1.54, 1.807) is 6.33 Å². The molecular weight excluding hydrogens is 486 g/mol. The van der Waals surface area contributed by atoms with Crippen molar-refractivity contribution in [3.8, 4) is 22.8 Å². The number of hydrogen-bond acceptors (Lipinski definition) is 7. The van der Waals surface area contributed by atoms with Gasteiger partial charge >= 0.3 is 0 Å². The van der Waals surface area contributed by atoms with Crippen LogP contribution in [0.15, 0.2) is 60.9 Å². The molecule has 8 nitrogen and oxygen atoms in total. The quantitative estimate of drug-likeness (QED) is 0.369. The zero-order chi connectivity index (χ0) is 26.3. The van der Waals surface area contributed by atoms with Crippen LogP contribution in [0.25, 0.3) is 22.3 Å². The van der Waals surface area contributed by atoms with E-state index in [-0.39, 0.29) is 0 Å². The highest BCUT2D eigenvalue weighted by Crippen LogP contribution is 2.39. The average molecular weight is 524 g/mol. The van der Waals surface area contributed by atoms with Gasteiger partial charge < -0.3 is 15.4 Å². The van der Waals surface area contributed by atoms with E-state index in [0.29, 0.717) is 23.9 Å². The van der Waals surface area contributed by atoms with Crippen LogP contribution in [0, 0.1) is 0 Å². The summed E-state index contributed by atoms with van der Waals surface area (Å²) < 4.78 is 8.13. The van der Waals surface area contributed by atoms with Crippen LogP contribution >= 0.6 is 0 Å². The third-order valence-electron chi connectivity index (χ3n) is 9.19. The van der Waals surface area contributed by atoms with Crippen LogP contribution in [-0.2, 0) is 0 Å². The number of piperazine rings is 1. The second-order valence-corrected chi connectivity index (χ2v) is 11.5. The molecule has 0 radical (unpaired) electrons. The molecule has 2 N–H and O–H groups in total. The summed E-state index contributed by atoms with van der Waals surface area (Å²) in [5, 5.41) is 5.97. The number of hydrogen-bond donors (Lipinski definition) is 1. The number of nitrogen functional groups attached to an aromatic ring is 1. The molecule has 8 rings (SSSR count). The van der Waals surface area contributed by atoms with Gasteiger partial charge in [-0.2, -0.15) is 5.10 Å². The Morgan fingerprint density at radius 2 is 1.49 bits per heavy atom.